The van der Waals surface area contributed by atoms with Crippen molar-refractivity contribution in [2.45, 2.75) is 38.6 Å². The molecule has 0 saturated carbocycles. The van der Waals surface area contributed by atoms with Crippen molar-refractivity contribution in [3.63, 3.8) is 0 Å². The molecule has 7 heteroatoms. The first-order chi connectivity index (χ1) is 15.4. The molecule has 7 nitrogen and oxygen atoms in total. The zero-order valence-corrected chi connectivity index (χ0v) is 18.4. The van der Waals surface area contributed by atoms with Gasteiger partial charge in [0.25, 0.3) is 0 Å². The summed E-state index contributed by atoms with van der Waals surface area (Å²) in [5, 5.41) is 9.46. The highest BCUT2D eigenvalue weighted by Gasteiger charge is 2.38. The molecule has 0 radical (unpaired) electrons. The Morgan fingerprint density at radius 1 is 1.09 bits per heavy atom. The number of carbonyl (C=O) groups is 2. The number of hydrogen-bond acceptors (Lipinski definition) is 4. The van der Waals surface area contributed by atoms with E-state index in [1.807, 2.05) is 67.6 Å². The number of piperidine rings is 1. The van der Waals surface area contributed by atoms with Crippen LogP contribution in [-0.4, -0.2) is 58.9 Å². The summed E-state index contributed by atoms with van der Waals surface area (Å²) in [6.45, 7) is 7.04. The van der Waals surface area contributed by atoms with Crippen LogP contribution < -0.4 is 0 Å². The van der Waals surface area contributed by atoms with Crippen molar-refractivity contribution in [1.29, 1.82) is 0 Å². The molecule has 2 atom stereocenters. The molecular weight excluding hydrogens is 408 g/mol. The number of likely N-dealkylation sites (tertiary alicyclic amines) is 1. The molecule has 0 spiro atoms. The van der Waals surface area contributed by atoms with Gasteiger partial charge >= 0.3 is 12.2 Å². The second-order valence-corrected chi connectivity index (χ2v) is 8.04. The monoisotopic (exact) mass is 438 g/mol. The van der Waals surface area contributed by atoms with E-state index in [9.17, 15) is 14.7 Å². The minimum absolute atomic E-state index is 0.163. The van der Waals surface area contributed by atoms with Crippen LogP contribution in [0.25, 0.3) is 0 Å². The lowest BCUT2D eigenvalue weighted by Gasteiger charge is -2.42. The van der Waals surface area contributed by atoms with E-state index in [1.54, 1.807) is 4.90 Å². The molecule has 32 heavy (non-hydrogen) atoms. The third-order valence-electron chi connectivity index (χ3n) is 5.37. The predicted molar refractivity (Wildman–Crippen MR) is 121 cm³/mol. The molecule has 2 aromatic carbocycles. The molecule has 3 rings (SSSR count). The minimum atomic E-state index is -0.992. The van der Waals surface area contributed by atoms with Crippen LogP contribution in [0.15, 0.2) is 72.8 Å². The highest BCUT2D eigenvalue weighted by Crippen LogP contribution is 2.24. The van der Waals surface area contributed by atoms with E-state index >= 15 is 0 Å². The van der Waals surface area contributed by atoms with Gasteiger partial charge in [0, 0.05) is 13.1 Å². The van der Waals surface area contributed by atoms with Crippen molar-refractivity contribution in [3.8, 4) is 0 Å². The highest BCUT2D eigenvalue weighted by molar-refractivity contribution is 5.69. The van der Waals surface area contributed by atoms with Gasteiger partial charge in [-0.2, -0.15) is 0 Å². The van der Waals surface area contributed by atoms with Gasteiger partial charge in [0.05, 0.1) is 25.3 Å². The second-order valence-electron chi connectivity index (χ2n) is 8.04. The van der Waals surface area contributed by atoms with Gasteiger partial charge < -0.3 is 19.5 Å². The number of amides is 2. The molecule has 1 aliphatic heterocycles. The van der Waals surface area contributed by atoms with E-state index in [0.717, 1.165) is 16.7 Å². The Morgan fingerprint density at radius 3 is 2.31 bits per heavy atom. The topological polar surface area (TPSA) is 79.3 Å². The van der Waals surface area contributed by atoms with E-state index in [-0.39, 0.29) is 19.2 Å². The summed E-state index contributed by atoms with van der Waals surface area (Å²) in [6.07, 6.45) is -1.46. The largest absolute Gasteiger partial charge is 0.465 e. The van der Waals surface area contributed by atoms with Crippen molar-refractivity contribution in [2.75, 3.05) is 19.7 Å². The quantitative estimate of drug-likeness (QED) is 0.612. The Balaban J connectivity index is 1.81. The summed E-state index contributed by atoms with van der Waals surface area (Å²) >= 11 is 0. The average Bonchev–Trinajstić information content (AvgIpc) is 2.81. The lowest BCUT2D eigenvalue weighted by molar-refractivity contribution is -0.0473. The molecule has 2 aromatic rings. The third kappa shape index (κ3) is 6.59. The smallest absolute Gasteiger partial charge is 0.410 e. The van der Waals surface area contributed by atoms with Gasteiger partial charge in [-0.3, -0.25) is 4.90 Å². The minimum Gasteiger partial charge on any atom is -0.465 e. The number of rotatable bonds is 8. The number of ether oxygens (including phenoxy) is 2. The van der Waals surface area contributed by atoms with Crippen molar-refractivity contribution in [1.82, 2.24) is 9.80 Å². The van der Waals surface area contributed by atoms with Gasteiger partial charge in [-0.05, 0) is 24.5 Å². The van der Waals surface area contributed by atoms with Gasteiger partial charge in [-0.15, -0.1) is 0 Å². The normalized spacial score (nSPS) is 18.1. The fourth-order valence-corrected chi connectivity index (χ4v) is 3.75. The molecule has 0 bridgehead atoms. The highest BCUT2D eigenvalue weighted by atomic mass is 16.6. The van der Waals surface area contributed by atoms with Crippen LogP contribution in [0.2, 0.25) is 0 Å². The Kier molecular flexibility index (Phi) is 8.27. The summed E-state index contributed by atoms with van der Waals surface area (Å²) < 4.78 is 11.7. The van der Waals surface area contributed by atoms with Gasteiger partial charge in [-0.1, -0.05) is 72.8 Å². The Morgan fingerprint density at radius 2 is 1.72 bits per heavy atom. The average molecular weight is 439 g/mol. The van der Waals surface area contributed by atoms with Crippen LogP contribution in [0.5, 0.6) is 0 Å². The standard InChI is InChI=1S/C25H30N2O5/c1-19(2)17-31-23-16-26(24(28)29)14-13-22(23)27(15-20-9-5-3-6-10-20)25(30)32-18-21-11-7-4-8-12-21/h3-12,22-23H,1,13-18H2,2H3,(H,28,29)/t22-,23+/m0/s1. The first kappa shape index (κ1) is 23.3. The molecule has 1 N–H and O–H groups in total. The first-order valence-electron chi connectivity index (χ1n) is 10.7. The van der Waals surface area contributed by atoms with Gasteiger partial charge in [0.1, 0.15) is 6.61 Å². The molecular formula is C25H30N2O5. The van der Waals surface area contributed by atoms with Crippen LogP contribution in [0.4, 0.5) is 9.59 Å². The Hall–Kier alpha value is -3.32. The number of benzene rings is 2. The molecule has 0 aliphatic carbocycles. The Labute approximate surface area is 188 Å². The van der Waals surface area contributed by atoms with Crippen molar-refractivity contribution in [3.05, 3.63) is 83.9 Å². The third-order valence-corrected chi connectivity index (χ3v) is 5.37. The maximum atomic E-state index is 13.2. The summed E-state index contributed by atoms with van der Waals surface area (Å²) in [5.74, 6) is 0. The predicted octanol–water partition coefficient (Wildman–Crippen LogP) is 4.54. The fraction of sp³-hybridized carbons (Fsp3) is 0.360. The lowest BCUT2D eigenvalue weighted by atomic mass is 9.99. The number of hydrogen-bond donors (Lipinski definition) is 1. The van der Waals surface area contributed by atoms with Crippen LogP contribution in [0.1, 0.15) is 24.5 Å². The Bertz CT molecular complexity index is 903. The lowest BCUT2D eigenvalue weighted by Crippen LogP contribution is -2.57. The van der Waals surface area contributed by atoms with Crippen LogP contribution in [0, 0.1) is 0 Å². The maximum absolute atomic E-state index is 13.2. The number of nitrogens with zero attached hydrogens (tertiary/aromatic N) is 2. The fourth-order valence-electron chi connectivity index (χ4n) is 3.75. The molecule has 1 fully saturated rings. The van der Waals surface area contributed by atoms with Gasteiger partial charge in [-0.25, -0.2) is 9.59 Å². The van der Waals surface area contributed by atoms with Crippen molar-refractivity contribution >= 4 is 12.2 Å². The summed E-state index contributed by atoms with van der Waals surface area (Å²) in [7, 11) is 0. The van der Waals surface area contributed by atoms with E-state index < -0.39 is 18.3 Å². The molecule has 0 aromatic heterocycles. The van der Waals surface area contributed by atoms with E-state index in [1.165, 1.54) is 4.90 Å². The van der Waals surface area contributed by atoms with Crippen molar-refractivity contribution < 1.29 is 24.2 Å². The second kappa shape index (κ2) is 11.3. The van der Waals surface area contributed by atoms with Gasteiger partial charge in [0.15, 0.2) is 0 Å². The number of carbonyl (C=O) groups excluding carboxylic acids is 1. The maximum Gasteiger partial charge on any atom is 0.410 e. The molecule has 0 unspecified atom stereocenters. The number of carboxylic acid groups (broad SMARTS) is 1. The van der Waals surface area contributed by atoms with Gasteiger partial charge in [0.2, 0.25) is 0 Å². The SMILES string of the molecule is C=C(C)CO[C@@H]1CN(C(=O)O)CC[C@@H]1N(Cc1ccccc1)C(=O)OCc1ccccc1. The van der Waals surface area contributed by atoms with E-state index in [0.29, 0.717) is 26.1 Å². The summed E-state index contributed by atoms with van der Waals surface area (Å²) in [6, 6.07) is 18.9. The first-order valence-corrected chi connectivity index (χ1v) is 10.7. The summed E-state index contributed by atoms with van der Waals surface area (Å²) in [4.78, 5) is 27.8. The van der Waals surface area contributed by atoms with Crippen molar-refractivity contribution in [2.24, 2.45) is 0 Å². The molecule has 1 heterocycles. The van der Waals surface area contributed by atoms with Crippen LogP contribution >= 0.6 is 0 Å². The van der Waals surface area contributed by atoms with E-state index in [4.69, 9.17) is 9.47 Å². The van der Waals surface area contributed by atoms with Crippen LogP contribution in [0.3, 0.4) is 0 Å². The molecule has 170 valence electrons. The zero-order chi connectivity index (χ0) is 22.9. The van der Waals surface area contributed by atoms with E-state index in [2.05, 4.69) is 6.58 Å². The molecule has 1 saturated heterocycles. The zero-order valence-electron chi connectivity index (χ0n) is 18.4. The molecule has 2 amide bonds. The van der Waals surface area contributed by atoms with Crippen LogP contribution in [-0.2, 0) is 22.6 Å². The summed E-state index contributed by atoms with van der Waals surface area (Å²) in [5.41, 5.74) is 2.69. The molecule has 1 aliphatic rings.